The standard InChI is InChI=1S/C20H18F3N5O2/c1-3-24-19(29)18-15-11-28(26-16(15)6-7-25-18)10-13-8-12-9-14(30-20(21,22)23)4-5-17(12)27(13)2/h4-9,11H,3,10H2,1-2H3,(H,24,29). The maximum absolute atomic E-state index is 12.5. The van der Waals surface area contributed by atoms with Gasteiger partial charge in [-0.1, -0.05) is 0 Å². The Hall–Kier alpha value is -3.56. The SMILES string of the molecule is CCNC(=O)c1nccc2nn(Cc3cc4cc(OC(F)(F)F)ccc4n3C)cc12. The lowest BCUT2D eigenvalue weighted by molar-refractivity contribution is -0.274. The molecule has 0 bridgehead atoms. The number of hydrogen-bond acceptors (Lipinski definition) is 4. The molecule has 1 aromatic carbocycles. The van der Waals surface area contributed by atoms with Crippen molar-refractivity contribution in [1.29, 1.82) is 0 Å². The normalized spacial score (nSPS) is 11.9. The number of hydrogen-bond donors (Lipinski definition) is 1. The molecule has 0 aliphatic rings. The number of carbonyl (C=O) groups is 1. The molecule has 3 aromatic heterocycles. The van der Waals surface area contributed by atoms with E-state index in [0.717, 1.165) is 11.2 Å². The molecule has 10 heteroatoms. The smallest absolute Gasteiger partial charge is 0.406 e. The largest absolute Gasteiger partial charge is 0.573 e. The number of fused-ring (bicyclic) bond motifs is 2. The first-order valence-electron chi connectivity index (χ1n) is 9.19. The molecule has 0 radical (unpaired) electrons. The van der Waals surface area contributed by atoms with Crippen molar-refractivity contribution in [2.45, 2.75) is 19.8 Å². The van der Waals surface area contributed by atoms with E-state index < -0.39 is 6.36 Å². The Labute approximate surface area is 169 Å². The fourth-order valence-electron chi connectivity index (χ4n) is 3.40. The Morgan fingerprint density at radius 1 is 1.23 bits per heavy atom. The Bertz CT molecular complexity index is 1240. The molecule has 156 valence electrons. The first kappa shape index (κ1) is 19.7. The molecule has 4 rings (SSSR count). The topological polar surface area (TPSA) is 74.0 Å². The van der Waals surface area contributed by atoms with Crippen molar-refractivity contribution in [3.63, 3.8) is 0 Å². The van der Waals surface area contributed by atoms with Crippen LogP contribution in [0.5, 0.6) is 5.75 Å². The number of aromatic nitrogens is 4. The van der Waals surface area contributed by atoms with E-state index in [1.807, 2.05) is 18.5 Å². The number of benzene rings is 1. The summed E-state index contributed by atoms with van der Waals surface area (Å²) < 4.78 is 45.0. The van der Waals surface area contributed by atoms with Crippen molar-refractivity contribution in [3.8, 4) is 5.75 Å². The van der Waals surface area contributed by atoms with Crippen LogP contribution >= 0.6 is 0 Å². The van der Waals surface area contributed by atoms with Crippen molar-refractivity contribution in [3.05, 3.63) is 54.1 Å². The van der Waals surface area contributed by atoms with Gasteiger partial charge in [-0.3, -0.25) is 14.5 Å². The zero-order valence-corrected chi connectivity index (χ0v) is 16.2. The fourth-order valence-corrected chi connectivity index (χ4v) is 3.40. The minimum atomic E-state index is -4.74. The molecule has 3 heterocycles. The van der Waals surface area contributed by atoms with Gasteiger partial charge in [-0.15, -0.1) is 13.2 Å². The molecule has 30 heavy (non-hydrogen) atoms. The van der Waals surface area contributed by atoms with Crippen molar-refractivity contribution in [1.82, 2.24) is 24.6 Å². The van der Waals surface area contributed by atoms with E-state index in [1.54, 1.807) is 29.1 Å². The quantitative estimate of drug-likeness (QED) is 0.538. The lowest BCUT2D eigenvalue weighted by Crippen LogP contribution is -2.23. The second kappa shape index (κ2) is 7.36. The molecule has 0 unspecified atom stereocenters. The highest BCUT2D eigenvalue weighted by atomic mass is 19.4. The van der Waals surface area contributed by atoms with Gasteiger partial charge >= 0.3 is 6.36 Å². The number of pyridine rings is 1. The van der Waals surface area contributed by atoms with Gasteiger partial charge in [-0.05, 0) is 37.3 Å². The van der Waals surface area contributed by atoms with Gasteiger partial charge in [-0.25, -0.2) is 0 Å². The second-order valence-electron chi connectivity index (χ2n) is 6.74. The van der Waals surface area contributed by atoms with Crippen LogP contribution in [0.25, 0.3) is 21.8 Å². The second-order valence-corrected chi connectivity index (χ2v) is 6.74. The third-order valence-electron chi connectivity index (χ3n) is 4.70. The summed E-state index contributed by atoms with van der Waals surface area (Å²) in [4.78, 5) is 16.4. The summed E-state index contributed by atoms with van der Waals surface area (Å²) in [6, 6.07) is 7.72. The van der Waals surface area contributed by atoms with Crippen molar-refractivity contribution >= 4 is 27.7 Å². The van der Waals surface area contributed by atoms with E-state index in [0.29, 0.717) is 35.1 Å². The van der Waals surface area contributed by atoms with Crippen molar-refractivity contribution in [2.75, 3.05) is 6.54 Å². The van der Waals surface area contributed by atoms with Gasteiger partial charge in [0.1, 0.15) is 11.4 Å². The summed E-state index contributed by atoms with van der Waals surface area (Å²) in [6.45, 7) is 2.68. The Morgan fingerprint density at radius 2 is 2.03 bits per heavy atom. The van der Waals surface area contributed by atoms with E-state index in [1.165, 1.54) is 18.3 Å². The van der Waals surface area contributed by atoms with Crippen LogP contribution in [0.4, 0.5) is 13.2 Å². The highest BCUT2D eigenvalue weighted by Gasteiger charge is 2.31. The third-order valence-corrected chi connectivity index (χ3v) is 4.70. The maximum atomic E-state index is 12.5. The molecule has 1 amide bonds. The molecule has 0 aliphatic carbocycles. The molecule has 0 spiro atoms. The summed E-state index contributed by atoms with van der Waals surface area (Å²) in [5.41, 5.74) is 2.52. The fraction of sp³-hybridized carbons (Fsp3) is 0.250. The Kier molecular flexibility index (Phi) is 4.84. The molecular weight excluding hydrogens is 399 g/mol. The summed E-state index contributed by atoms with van der Waals surface area (Å²) in [7, 11) is 1.83. The van der Waals surface area contributed by atoms with Crippen LogP contribution in [0.3, 0.4) is 0 Å². The van der Waals surface area contributed by atoms with E-state index in [-0.39, 0.29) is 11.7 Å². The number of rotatable bonds is 5. The number of nitrogens with zero attached hydrogens (tertiary/aromatic N) is 4. The predicted octanol–water partition coefficient (Wildman–Crippen LogP) is 3.62. The van der Waals surface area contributed by atoms with Crippen molar-refractivity contribution < 1.29 is 22.7 Å². The van der Waals surface area contributed by atoms with Gasteiger partial charge in [0.2, 0.25) is 0 Å². The van der Waals surface area contributed by atoms with Crippen LogP contribution in [0.15, 0.2) is 42.7 Å². The lowest BCUT2D eigenvalue weighted by Gasteiger charge is -2.08. The number of aryl methyl sites for hydroxylation is 1. The Morgan fingerprint density at radius 3 is 2.77 bits per heavy atom. The minimum absolute atomic E-state index is 0.269. The highest BCUT2D eigenvalue weighted by molar-refractivity contribution is 6.04. The highest BCUT2D eigenvalue weighted by Crippen LogP contribution is 2.28. The van der Waals surface area contributed by atoms with Crippen LogP contribution in [0.1, 0.15) is 23.1 Å². The number of nitrogens with one attached hydrogen (secondary N) is 1. The van der Waals surface area contributed by atoms with Crippen LogP contribution in [-0.2, 0) is 13.6 Å². The van der Waals surface area contributed by atoms with Gasteiger partial charge in [0, 0.05) is 42.6 Å². The number of ether oxygens (including phenoxy) is 1. The summed E-state index contributed by atoms with van der Waals surface area (Å²) in [5.74, 6) is -0.543. The molecule has 4 aromatic rings. The van der Waals surface area contributed by atoms with E-state index in [4.69, 9.17) is 0 Å². The Balaban J connectivity index is 1.67. The molecule has 0 saturated heterocycles. The van der Waals surface area contributed by atoms with Crippen LogP contribution < -0.4 is 10.1 Å². The number of alkyl halides is 3. The van der Waals surface area contributed by atoms with E-state index in [2.05, 4.69) is 20.1 Å². The predicted molar refractivity (Wildman–Crippen MR) is 104 cm³/mol. The van der Waals surface area contributed by atoms with Crippen molar-refractivity contribution in [2.24, 2.45) is 7.05 Å². The molecule has 0 saturated carbocycles. The summed E-state index contributed by atoms with van der Waals surface area (Å²) in [6.07, 6.45) is -1.47. The van der Waals surface area contributed by atoms with Crippen LogP contribution in [0.2, 0.25) is 0 Å². The van der Waals surface area contributed by atoms with Gasteiger partial charge in [0.05, 0.1) is 17.4 Å². The van der Waals surface area contributed by atoms with E-state index >= 15 is 0 Å². The number of carbonyl (C=O) groups excluding carboxylic acids is 1. The number of amides is 1. The van der Waals surface area contributed by atoms with Gasteiger partial charge in [0.25, 0.3) is 5.91 Å². The number of halogens is 3. The zero-order chi connectivity index (χ0) is 21.5. The van der Waals surface area contributed by atoms with Gasteiger partial charge in [0.15, 0.2) is 0 Å². The lowest BCUT2D eigenvalue weighted by atomic mass is 10.2. The average molecular weight is 417 g/mol. The molecule has 0 fully saturated rings. The molecular formula is C20H18F3N5O2. The molecule has 0 aliphatic heterocycles. The molecule has 1 N–H and O–H groups in total. The summed E-state index contributed by atoms with van der Waals surface area (Å²) >= 11 is 0. The summed E-state index contributed by atoms with van der Waals surface area (Å²) in [5, 5.41) is 8.47. The first-order chi connectivity index (χ1) is 14.2. The van der Waals surface area contributed by atoms with Crippen LogP contribution in [-0.4, -0.2) is 38.1 Å². The van der Waals surface area contributed by atoms with Gasteiger partial charge < -0.3 is 14.6 Å². The minimum Gasteiger partial charge on any atom is -0.406 e. The molecule has 0 atom stereocenters. The monoisotopic (exact) mass is 417 g/mol. The zero-order valence-electron chi connectivity index (χ0n) is 16.2. The maximum Gasteiger partial charge on any atom is 0.573 e. The average Bonchev–Trinajstić information content (AvgIpc) is 3.21. The van der Waals surface area contributed by atoms with Crippen LogP contribution in [0, 0.1) is 0 Å². The third kappa shape index (κ3) is 3.80. The first-order valence-corrected chi connectivity index (χ1v) is 9.19. The van der Waals surface area contributed by atoms with Gasteiger partial charge in [-0.2, -0.15) is 5.10 Å². The van der Waals surface area contributed by atoms with E-state index in [9.17, 15) is 18.0 Å². The molecule has 7 nitrogen and oxygen atoms in total.